The highest BCUT2D eigenvalue weighted by molar-refractivity contribution is 5.98. The number of ether oxygens (including phenoxy) is 1. The minimum atomic E-state index is -1.10. The SMILES string of the molecule is C[C@H](OC(=O)/C=C/c1ccc(C#N)cc1)C(=O)NC(=O)NC12CC3CC(CC(C3)C1)C2. The summed E-state index contributed by atoms with van der Waals surface area (Å²) in [5.74, 6) is 0.718. The zero-order valence-corrected chi connectivity index (χ0v) is 17.6. The third-order valence-corrected chi connectivity index (χ3v) is 6.77. The first-order valence-corrected chi connectivity index (χ1v) is 10.9. The van der Waals surface area contributed by atoms with Crippen molar-refractivity contribution in [3.05, 3.63) is 41.5 Å². The van der Waals surface area contributed by atoms with Crippen LogP contribution in [0.25, 0.3) is 6.08 Å². The number of nitriles is 1. The van der Waals surface area contributed by atoms with E-state index in [1.54, 1.807) is 24.3 Å². The fraction of sp³-hybridized carbons (Fsp3) is 0.500. The molecule has 31 heavy (non-hydrogen) atoms. The Kier molecular flexibility index (Phi) is 5.81. The van der Waals surface area contributed by atoms with Crippen molar-refractivity contribution >= 4 is 24.0 Å². The average molecular weight is 421 g/mol. The molecule has 0 saturated heterocycles. The number of nitrogens with one attached hydrogen (secondary N) is 2. The maximum Gasteiger partial charge on any atom is 0.331 e. The Balaban J connectivity index is 1.25. The van der Waals surface area contributed by atoms with Crippen LogP contribution in [0.15, 0.2) is 30.3 Å². The van der Waals surface area contributed by atoms with Crippen LogP contribution in [0.2, 0.25) is 0 Å². The minimum Gasteiger partial charge on any atom is -0.449 e. The maximum absolute atomic E-state index is 12.5. The first-order chi connectivity index (χ1) is 14.8. The summed E-state index contributed by atoms with van der Waals surface area (Å²) in [6.07, 6.45) is 8.43. The monoisotopic (exact) mass is 421 g/mol. The molecule has 3 amide bonds. The highest BCUT2D eigenvalue weighted by atomic mass is 16.5. The summed E-state index contributed by atoms with van der Waals surface area (Å²) in [4.78, 5) is 36.8. The van der Waals surface area contributed by atoms with Gasteiger partial charge in [-0.25, -0.2) is 9.59 Å². The minimum absolute atomic E-state index is 0.192. The van der Waals surface area contributed by atoms with E-state index in [1.807, 2.05) is 6.07 Å². The number of hydrogen-bond donors (Lipinski definition) is 2. The normalized spacial score (nSPS) is 29.2. The third-order valence-electron chi connectivity index (χ3n) is 6.77. The van der Waals surface area contributed by atoms with Gasteiger partial charge in [-0.3, -0.25) is 10.1 Å². The summed E-state index contributed by atoms with van der Waals surface area (Å²) in [6.45, 7) is 1.43. The molecule has 1 aromatic rings. The van der Waals surface area contributed by atoms with Crippen LogP contribution in [0.4, 0.5) is 4.79 Å². The van der Waals surface area contributed by atoms with Crippen molar-refractivity contribution in [1.82, 2.24) is 10.6 Å². The number of hydrogen-bond acceptors (Lipinski definition) is 5. The van der Waals surface area contributed by atoms with Crippen molar-refractivity contribution in [2.45, 2.75) is 57.1 Å². The van der Waals surface area contributed by atoms with Gasteiger partial charge < -0.3 is 10.1 Å². The molecule has 5 rings (SSSR count). The number of carbonyl (C=O) groups excluding carboxylic acids is 3. The Labute approximate surface area is 181 Å². The number of nitrogens with zero attached hydrogens (tertiary/aromatic N) is 1. The first kappa shape index (κ1) is 21.1. The lowest BCUT2D eigenvalue weighted by Gasteiger charge is -2.56. The van der Waals surface area contributed by atoms with Crippen LogP contribution in [0.1, 0.15) is 56.6 Å². The lowest BCUT2D eigenvalue weighted by Crippen LogP contribution is -2.62. The van der Waals surface area contributed by atoms with Crippen LogP contribution in [-0.2, 0) is 14.3 Å². The molecule has 0 aromatic heterocycles. The highest BCUT2D eigenvalue weighted by Gasteiger charge is 2.51. The third kappa shape index (κ3) is 4.96. The fourth-order valence-electron chi connectivity index (χ4n) is 5.85. The van der Waals surface area contributed by atoms with Crippen LogP contribution >= 0.6 is 0 Å². The number of esters is 1. The highest BCUT2D eigenvalue weighted by Crippen LogP contribution is 2.55. The molecule has 7 nitrogen and oxygen atoms in total. The molecule has 2 N–H and O–H groups in total. The van der Waals surface area contributed by atoms with E-state index in [4.69, 9.17) is 10.00 Å². The Morgan fingerprint density at radius 2 is 1.68 bits per heavy atom. The molecule has 0 aliphatic heterocycles. The molecule has 1 atom stereocenters. The van der Waals surface area contributed by atoms with Crippen molar-refractivity contribution in [2.24, 2.45) is 17.8 Å². The van der Waals surface area contributed by atoms with Gasteiger partial charge in [0.1, 0.15) is 0 Å². The standard InChI is InChI=1S/C24H27N3O4/c1-15(31-21(28)7-6-16-2-4-17(14-25)5-3-16)22(29)26-23(30)27-24-11-18-8-19(12-24)10-20(9-18)13-24/h2-7,15,18-20H,8-13H2,1H3,(H2,26,27,29,30)/b7-6+/t15-,18?,19?,20?,24?/m0/s1. The van der Waals surface area contributed by atoms with Gasteiger partial charge in [0.15, 0.2) is 6.10 Å². The van der Waals surface area contributed by atoms with Crippen molar-refractivity contribution in [3.63, 3.8) is 0 Å². The molecule has 0 radical (unpaired) electrons. The van der Waals surface area contributed by atoms with Gasteiger partial charge in [-0.1, -0.05) is 12.1 Å². The zero-order valence-electron chi connectivity index (χ0n) is 17.6. The molecule has 0 spiro atoms. The van der Waals surface area contributed by atoms with Crippen LogP contribution in [0.3, 0.4) is 0 Å². The molecule has 4 fully saturated rings. The second kappa shape index (κ2) is 8.54. The summed E-state index contributed by atoms with van der Waals surface area (Å²) < 4.78 is 5.10. The molecular weight excluding hydrogens is 394 g/mol. The van der Waals surface area contributed by atoms with Gasteiger partial charge in [0.05, 0.1) is 11.6 Å². The molecular formula is C24H27N3O4. The maximum atomic E-state index is 12.5. The Morgan fingerprint density at radius 3 is 2.23 bits per heavy atom. The molecule has 0 heterocycles. The number of rotatable bonds is 5. The number of benzene rings is 1. The van der Waals surface area contributed by atoms with Gasteiger partial charge in [-0.05, 0) is 87.0 Å². The molecule has 162 valence electrons. The van der Waals surface area contributed by atoms with E-state index in [9.17, 15) is 14.4 Å². The average Bonchev–Trinajstić information content (AvgIpc) is 2.71. The van der Waals surface area contributed by atoms with E-state index in [2.05, 4.69) is 10.6 Å². The van der Waals surface area contributed by atoms with Gasteiger partial charge >= 0.3 is 12.0 Å². The Hall–Kier alpha value is -3.14. The molecule has 4 aliphatic rings. The van der Waals surface area contributed by atoms with Crippen molar-refractivity contribution in [1.29, 1.82) is 5.26 Å². The summed E-state index contributed by atoms with van der Waals surface area (Å²) in [6, 6.07) is 8.20. The Morgan fingerprint density at radius 1 is 1.10 bits per heavy atom. The smallest absolute Gasteiger partial charge is 0.331 e. The lowest BCUT2D eigenvalue weighted by molar-refractivity contribution is -0.149. The molecule has 1 aromatic carbocycles. The van der Waals surface area contributed by atoms with E-state index in [0.717, 1.165) is 24.8 Å². The van der Waals surface area contributed by atoms with Gasteiger partial charge in [-0.15, -0.1) is 0 Å². The van der Waals surface area contributed by atoms with E-state index in [-0.39, 0.29) is 5.54 Å². The topological polar surface area (TPSA) is 108 Å². The first-order valence-electron chi connectivity index (χ1n) is 10.9. The number of imide groups is 1. The number of carbonyl (C=O) groups is 3. The molecule has 0 unspecified atom stereocenters. The van der Waals surface area contributed by atoms with Crippen LogP contribution in [-0.4, -0.2) is 29.6 Å². The second-order valence-corrected chi connectivity index (χ2v) is 9.29. The van der Waals surface area contributed by atoms with E-state index < -0.39 is 24.0 Å². The largest absolute Gasteiger partial charge is 0.449 e. The molecule has 4 saturated carbocycles. The fourth-order valence-corrected chi connectivity index (χ4v) is 5.85. The molecule has 7 heteroatoms. The van der Waals surface area contributed by atoms with Crippen LogP contribution in [0.5, 0.6) is 0 Å². The summed E-state index contributed by atoms with van der Waals surface area (Å²) in [5.41, 5.74) is 1.06. The van der Waals surface area contributed by atoms with Gasteiger partial charge in [-0.2, -0.15) is 5.26 Å². The number of amides is 3. The van der Waals surface area contributed by atoms with Crippen molar-refractivity contribution < 1.29 is 19.1 Å². The zero-order chi connectivity index (χ0) is 22.0. The summed E-state index contributed by atoms with van der Waals surface area (Å²) in [7, 11) is 0. The quantitative estimate of drug-likeness (QED) is 0.560. The lowest BCUT2D eigenvalue weighted by atomic mass is 9.53. The predicted molar refractivity (Wildman–Crippen MR) is 113 cm³/mol. The van der Waals surface area contributed by atoms with E-state index in [0.29, 0.717) is 23.3 Å². The van der Waals surface area contributed by atoms with Crippen LogP contribution in [0, 0.1) is 29.1 Å². The van der Waals surface area contributed by atoms with Crippen molar-refractivity contribution in [3.8, 4) is 6.07 Å². The Bertz CT molecular complexity index is 909. The van der Waals surface area contributed by atoms with E-state index in [1.165, 1.54) is 38.3 Å². The predicted octanol–water partition coefficient (Wildman–Crippen LogP) is 3.30. The number of urea groups is 1. The van der Waals surface area contributed by atoms with Gasteiger partial charge in [0, 0.05) is 11.6 Å². The van der Waals surface area contributed by atoms with Gasteiger partial charge in [0.25, 0.3) is 5.91 Å². The molecule has 4 aliphatic carbocycles. The molecule has 4 bridgehead atoms. The van der Waals surface area contributed by atoms with Gasteiger partial charge in [0.2, 0.25) is 0 Å². The van der Waals surface area contributed by atoms with Crippen LogP contribution < -0.4 is 10.6 Å². The van der Waals surface area contributed by atoms with Crippen molar-refractivity contribution in [2.75, 3.05) is 0 Å². The second-order valence-electron chi connectivity index (χ2n) is 9.29. The summed E-state index contributed by atoms with van der Waals surface area (Å²) in [5, 5.41) is 14.2. The van der Waals surface area contributed by atoms with E-state index >= 15 is 0 Å². The summed E-state index contributed by atoms with van der Waals surface area (Å²) >= 11 is 0.